The topological polar surface area (TPSA) is 85.1 Å². The van der Waals surface area contributed by atoms with Gasteiger partial charge in [-0.1, -0.05) is 0 Å². The van der Waals surface area contributed by atoms with E-state index in [1.165, 1.54) is 11.3 Å². The van der Waals surface area contributed by atoms with Gasteiger partial charge >= 0.3 is 0 Å². The maximum absolute atomic E-state index is 12.2. The number of nitrogens with zero attached hydrogens (tertiary/aromatic N) is 1. The Morgan fingerprint density at radius 2 is 2.30 bits per heavy atom. The summed E-state index contributed by atoms with van der Waals surface area (Å²) in [6.07, 6.45) is 3.33. The largest absolute Gasteiger partial charge is 0.397 e. The summed E-state index contributed by atoms with van der Waals surface area (Å²) in [6.45, 7) is 4.13. The Balaban J connectivity index is 2.25. The number of amides is 1. The number of nitrogens with two attached hydrogens (primary N) is 1. The van der Waals surface area contributed by atoms with Crippen LogP contribution in [0.3, 0.4) is 0 Å². The number of anilines is 1. The molecule has 2 aromatic heterocycles. The number of nitrogen functional groups attached to an aromatic ring is 1. The van der Waals surface area contributed by atoms with E-state index < -0.39 is 10.8 Å². The standard InChI is InChI=1S/C13H17N3O2S2/c1-7-4-5-15-13-9(7)10(14)11(19-13)12(17)16-6-8(2)20(3)18/h4-5,8H,6,14H2,1-3H3,(H,16,17). The van der Waals surface area contributed by atoms with Crippen LogP contribution in [0.1, 0.15) is 22.2 Å². The van der Waals surface area contributed by atoms with Crippen LogP contribution in [-0.2, 0) is 10.8 Å². The molecule has 0 aliphatic heterocycles. The second kappa shape index (κ2) is 5.88. The van der Waals surface area contributed by atoms with Gasteiger partial charge in [-0.3, -0.25) is 9.00 Å². The van der Waals surface area contributed by atoms with Crippen molar-refractivity contribution in [2.75, 3.05) is 18.5 Å². The molecule has 0 bridgehead atoms. The molecule has 20 heavy (non-hydrogen) atoms. The van der Waals surface area contributed by atoms with Crippen molar-refractivity contribution in [2.24, 2.45) is 0 Å². The number of carbonyl (C=O) groups is 1. The SMILES string of the molecule is Cc1ccnc2sc(C(=O)NCC(C)S(C)=O)c(N)c12. The molecule has 2 atom stereocenters. The number of fused-ring (bicyclic) bond motifs is 1. The Morgan fingerprint density at radius 1 is 1.60 bits per heavy atom. The van der Waals surface area contributed by atoms with Crippen molar-refractivity contribution < 1.29 is 9.00 Å². The smallest absolute Gasteiger partial charge is 0.263 e. The van der Waals surface area contributed by atoms with E-state index in [0.29, 0.717) is 17.1 Å². The van der Waals surface area contributed by atoms with Crippen LogP contribution in [0.5, 0.6) is 0 Å². The third kappa shape index (κ3) is 2.83. The van der Waals surface area contributed by atoms with Gasteiger partial charge in [0, 0.05) is 40.4 Å². The summed E-state index contributed by atoms with van der Waals surface area (Å²) in [5.41, 5.74) is 7.53. The molecule has 0 saturated carbocycles. The van der Waals surface area contributed by atoms with E-state index in [0.717, 1.165) is 15.8 Å². The number of rotatable bonds is 4. The third-order valence-corrected chi connectivity index (χ3v) is 5.57. The van der Waals surface area contributed by atoms with Crippen molar-refractivity contribution in [3.8, 4) is 0 Å². The fourth-order valence-corrected chi connectivity index (χ4v) is 3.18. The van der Waals surface area contributed by atoms with E-state index >= 15 is 0 Å². The van der Waals surface area contributed by atoms with Crippen molar-refractivity contribution in [3.63, 3.8) is 0 Å². The first kappa shape index (κ1) is 14.9. The molecule has 0 spiro atoms. The lowest BCUT2D eigenvalue weighted by molar-refractivity contribution is 0.0959. The highest BCUT2D eigenvalue weighted by molar-refractivity contribution is 7.84. The molecule has 1 amide bonds. The van der Waals surface area contributed by atoms with Gasteiger partial charge in [-0.2, -0.15) is 0 Å². The van der Waals surface area contributed by atoms with Crippen molar-refractivity contribution in [3.05, 3.63) is 22.7 Å². The van der Waals surface area contributed by atoms with Crippen LogP contribution in [0.2, 0.25) is 0 Å². The molecule has 0 aromatic carbocycles. The molecule has 2 aromatic rings. The summed E-state index contributed by atoms with van der Waals surface area (Å²) >= 11 is 1.28. The number of hydrogen-bond acceptors (Lipinski definition) is 5. The lowest BCUT2D eigenvalue weighted by Gasteiger charge is -2.09. The Hall–Kier alpha value is -1.47. The molecule has 0 fully saturated rings. The van der Waals surface area contributed by atoms with Gasteiger partial charge in [0.25, 0.3) is 5.91 Å². The summed E-state index contributed by atoms with van der Waals surface area (Å²) in [6, 6.07) is 1.87. The predicted octanol–water partition coefficient (Wildman–Crippen LogP) is 1.68. The molecular weight excluding hydrogens is 294 g/mol. The van der Waals surface area contributed by atoms with Crippen LogP contribution in [0.15, 0.2) is 12.3 Å². The molecule has 0 radical (unpaired) electrons. The highest BCUT2D eigenvalue weighted by atomic mass is 32.2. The first-order valence-corrected chi connectivity index (χ1v) is 8.59. The van der Waals surface area contributed by atoms with Crippen molar-refractivity contribution in [2.45, 2.75) is 19.1 Å². The Morgan fingerprint density at radius 3 is 2.90 bits per heavy atom. The zero-order chi connectivity index (χ0) is 14.9. The van der Waals surface area contributed by atoms with E-state index in [4.69, 9.17) is 5.73 Å². The van der Waals surface area contributed by atoms with Gasteiger partial charge in [-0.25, -0.2) is 4.98 Å². The molecule has 2 rings (SSSR count). The molecule has 5 nitrogen and oxygen atoms in total. The van der Waals surface area contributed by atoms with Crippen molar-refractivity contribution in [1.29, 1.82) is 0 Å². The lowest BCUT2D eigenvalue weighted by Crippen LogP contribution is -2.32. The molecule has 0 aliphatic rings. The van der Waals surface area contributed by atoms with Gasteiger partial charge in [-0.15, -0.1) is 11.3 Å². The number of pyridine rings is 1. The van der Waals surface area contributed by atoms with Gasteiger partial charge in [0.15, 0.2) is 0 Å². The zero-order valence-corrected chi connectivity index (χ0v) is 13.2. The number of nitrogens with one attached hydrogen (secondary N) is 1. The molecule has 0 saturated heterocycles. The van der Waals surface area contributed by atoms with Crippen LogP contribution in [-0.4, -0.2) is 33.2 Å². The molecule has 2 heterocycles. The van der Waals surface area contributed by atoms with Crippen LogP contribution >= 0.6 is 11.3 Å². The van der Waals surface area contributed by atoms with Gasteiger partial charge in [-0.05, 0) is 25.5 Å². The first-order valence-electron chi connectivity index (χ1n) is 6.15. The Kier molecular flexibility index (Phi) is 4.39. The Labute approximate surface area is 124 Å². The van der Waals surface area contributed by atoms with E-state index in [2.05, 4.69) is 10.3 Å². The number of aryl methyl sites for hydroxylation is 1. The second-order valence-corrected chi connectivity index (χ2v) is 7.47. The zero-order valence-electron chi connectivity index (χ0n) is 11.6. The number of thiophene rings is 1. The third-order valence-electron chi connectivity index (χ3n) is 3.16. The minimum absolute atomic E-state index is 0.0885. The summed E-state index contributed by atoms with van der Waals surface area (Å²) in [5.74, 6) is -0.234. The fraction of sp³-hybridized carbons (Fsp3) is 0.385. The maximum atomic E-state index is 12.2. The summed E-state index contributed by atoms with van der Waals surface area (Å²) < 4.78 is 11.3. The van der Waals surface area contributed by atoms with E-state index in [1.807, 2.05) is 19.9 Å². The molecule has 7 heteroatoms. The maximum Gasteiger partial charge on any atom is 0.263 e. The van der Waals surface area contributed by atoms with Crippen LogP contribution < -0.4 is 11.1 Å². The molecule has 3 N–H and O–H groups in total. The second-order valence-electron chi connectivity index (χ2n) is 4.67. The fourth-order valence-electron chi connectivity index (χ4n) is 1.81. The highest BCUT2D eigenvalue weighted by Gasteiger charge is 2.19. The highest BCUT2D eigenvalue weighted by Crippen LogP contribution is 2.34. The molecule has 108 valence electrons. The minimum Gasteiger partial charge on any atom is -0.397 e. The minimum atomic E-state index is -0.962. The van der Waals surface area contributed by atoms with Crippen molar-refractivity contribution in [1.82, 2.24) is 10.3 Å². The first-order chi connectivity index (χ1) is 9.41. The number of carbonyl (C=O) groups excluding carboxylic acids is 1. The quantitative estimate of drug-likeness (QED) is 0.899. The van der Waals surface area contributed by atoms with E-state index in [1.54, 1.807) is 12.5 Å². The van der Waals surface area contributed by atoms with E-state index in [-0.39, 0.29) is 11.2 Å². The summed E-state index contributed by atoms with van der Waals surface area (Å²) in [4.78, 5) is 17.6. The average molecular weight is 311 g/mol. The van der Waals surface area contributed by atoms with Crippen LogP contribution in [0.25, 0.3) is 10.2 Å². The van der Waals surface area contributed by atoms with Gasteiger partial charge in [0.1, 0.15) is 9.71 Å². The average Bonchev–Trinajstić information content (AvgIpc) is 2.74. The van der Waals surface area contributed by atoms with E-state index in [9.17, 15) is 9.00 Å². The van der Waals surface area contributed by atoms with Gasteiger partial charge in [0.2, 0.25) is 0 Å². The van der Waals surface area contributed by atoms with Crippen LogP contribution in [0, 0.1) is 6.92 Å². The Bertz CT molecular complexity index is 682. The lowest BCUT2D eigenvalue weighted by atomic mass is 10.2. The monoisotopic (exact) mass is 311 g/mol. The number of aromatic nitrogens is 1. The number of hydrogen-bond donors (Lipinski definition) is 2. The summed E-state index contributed by atoms with van der Waals surface area (Å²) in [5, 5.41) is 3.53. The normalized spacial score (nSPS) is 14.2. The summed E-state index contributed by atoms with van der Waals surface area (Å²) in [7, 11) is -0.962. The van der Waals surface area contributed by atoms with Crippen molar-refractivity contribution >= 4 is 43.9 Å². The molecule has 0 aliphatic carbocycles. The van der Waals surface area contributed by atoms with Crippen LogP contribution in [0.4, 0.5) is 5.69 Å². The molecular formula is C13H17N3O2S2. The predicted molar refractivity (Wildman–Crippen MR) is 84.6 cm³/mol. The van der Waals surface area contributed by atoms with Gasteiger partial charge < -0.3 is 11.1 Å². The molecule has 2 unspecified atom stereocenters. The van der Waals surface area contributed by atoms with Gasteiger partial charge in [0.05, 0.1) is 5.69 Å².